The molecule has 0 aliphatic heterocycles. The summed E-state index contributed by atoms with van der Waals surface area (Å²) in [6.45, 7) is 0. The van der Waals surface area contributed by atoms with E-state index in [0.29, 0.717) is 0 Å². The maximum absolute atomic E-state index is 10.3. The third-order valence-corrected chi connectivity index (χ3v) is 1.29. The summed E-state index contributed by atoms with van der Waals surface area (Å²) in [4.78, 5) is 30.5. The minimum absolute atomic E-state index is 0. The van der Waals surface area contributed by atoms with Crippen molar-refractivity contribution in [3.63, 3.8) is 0 Å². The molecule has 11 heteroatoms. The van der Waals surface area contributed by atoms with E-state index in [2.05, 4.69) is 0 Å². The molecule has 0 spiro atoms. The van der Waals surface area contributed by atoms with Crippen molar-refractivity contribution in [2.24, 2.45) is 0 Å². The molecule has 0 saturated heterocycles. The van der Waals surface area contributed by atoms with Crippen LogP contribution in [0.15, 0.2) is 0 Å². The third kappa shape index (κ3) is 12.5. The fourth-order valence-electron chi connectivity index (χ4n) is 0.714. The number of rotatable bonds is 5. The number of carboxylic acid groups (broad SMARTS) is 3. The average Bonchev–Trinajstić information content (AvgIpc) is 1.82. The maximum atomic E-state index is 10.3. The van der Waals surface area contributed by atoms with Gasteiger partial charge in [0.15, 0.2) is 5.60 Å². The third-order valence-electron chi connectivity index (χ3n) is 1.29. The molecule has 0 saturated carbocycles. The van der Waals surface area contributed by atoms with Crippen LogP contribution in [0.2, 0.25) is 0 Å². The van der Waals surface area contributed by atoms with Gasteiger partial charge in [-0.05, 0) is 0 Å². The van der Waals surface area contributed by atoms with Crippen LogP contribution in [0.4, 0.5) is 0 Å². The van der Waals surface area contributed by atoms with Crippen molar-refractivity contribution in [3.05, 3.63) is 0 Å². The van der Waals surface area contributed by atoms with E-state index in [1.165, 1.54) is 0 Å². The van der Waals surface area contributed by atoms with Gasteiger partial charge in [-0.1, -0.05) is 0 Å². The fraction of sp³-hybridized carbons (Fsp3) is 0.500. The van der Waals surface area contributed by atoms with Crippen molar-refractivity contribution >= 4 is 77.0 Å². The zero-order valence-corrected chi connectivity index (χ0v) is 7.43. The van der Waals surface area contributed by atoms with E-state index in [1.54, 1.807) is 0 Å². The summed E-state index contributed by atoms with van der Waals surface area (Å²) >= 11 is 0. The standard InChI is InChI=1S/C6H8O7.2Na.2H2O.2H/c7-3(8)1-6(13,5(11)12)2-4(9)10;;;;;;/h13H,1-2H2,(H,7,8)(H,9,10)(H,11,12);;;2*1H2;;. The quantitative estimate of drug-likeness (QED) is 0.365. The van der Waals surface area contributed by atoms with Gasteiger partial charge in [0.25, 0.3) is 0 Å². The molecule has 0 amide bonds. The average molecular weight is 276 g/mol. The minimum atomic E-state index is -2.74. The van der Waals surface area contributed by atoms with Crippen molar-refractivity contribution in [2.45, 2.75) is 18.4 Å². The number of hydrogen-bond donors (Lipinski definition) is 4. The Morgan fingerprint density at radius 1 is 0.824 bits per heavy atom. The molecule has 0 rings (SSSR count). The molecule has 0 heterocycles. The first kappa shape index (κ1) is 30.4. The van der Waals surface area contributed by atoms with Crippen molar-refractivity contribution in [2.75, 3.05) is 0 Å². The number of aliphatic hydroxyl groups is 1. The van der Waals surface area contributed by atoms with E-state index >= 15 is 0 Å². The molecule has 0 bridgehead atoms. The number of aliphatic carboxylic acids is 3. The van der Waals surface area contributed by atoms with Gasteiger partial charge in [0.2, 0.25) is 0 Å². The molecule has 0 radical (unpaired) electrons. The van der Waals surface area contributed by atoms with E-state index in [0.717, 1.165) is 0 Å². The molecule has 0 aliphatic carbocycles. The van der Waals surface area contributed by atoms with Crippen molar-refractivity contribution in [3.8, 4) is 0 Å². The van der Waals surface area contributed by atoms with Crippen molar-refractivity contribution < 1.29 is 45.8 Å². The number of carbonyl (C=O) groups is 3. The normalized spacial score (nSPS) is 8.29. The van der Waals surface area contributed by atoms with Gasteiger partial charge in [0.1, 0.15) is 0 Å². The summed E-state index contributed by atoms with van der Waals surface area (Å²) in [6.07, 6.45) is -2.29. The van der Waals surface area contributed by atoms with Crippen molar-refractivity contribution in [1.29, 1.82) is 0 Å². The van der Waals surface area contributed by atoms with E-state index < -0.39 is 36.4 Å². The fourth-order valence-corrected chi connectivity index (χ4v) is 0.714. The second kappa shape index (κ2) is 12.7. The monoisotopic (exact) mass is 276 g/mol. The summed E-state index contributed by atoms with van der Waals surface area (Å²) in [5, 5.41) is 33.8. The molecule has 0 aromatic heterocycles. The van der Waals surface area contributed by atoms with E-state index in [1.807, 2.05) is 0 Å². The zero-order valence-electron chi connectivity index (χ0n) is 7.43. The molecule has 0 aliphatic rings. The van der Waals surface area contributed by atoms with Crippen LogP contribution >= 0.6 is 0 Å². The SMILES string of the molecule is O.O.O=C(O)CC(O)(CC(=O)O)C(=O)O.[NaH].[NaH]. The Kier molecular flexibility index (Phi) is 22.8. The van der Waals surface area contributed by atoms with Gasteiger partial charge in [-0.2, -0.15) is 0 Å². The molecular weight excluding hydrogens is 262 g/mol. The Bertz CT molecular complexity index is 238. The van der Waals surface area contributed by atoms with Gasteiger partial charge in [0.05, 0.1) is 12.8 Å². The first-order valence-corrected chi connectivity index (χ1v) is 3.17. The Morgan fingerprint density at radius 2 is 1.06 bits per heavy atom. The second-order valence-corrected chi connectivity index (χ2v) is 2.48. The van der Waals surface area contributed by atoms with Crippen molar-refractivity contribution in [1.82, 2.24) is 0 Å². The zero-order chi connectivity index (χ0) is 10.6. The predicted octanol–water partition coefficient (Wildman–Crippen LogP) is -4.19. The van der Waals surface area contributed by atoms with Gasteiger partial charge in [0, 0.05) is 0 Å². The molecule has 0 fully saturated rings. The molecule has 8 N–H and O–H groups in total. The van der Waals surface area contributed by atoms with Gasteiger partial charge in [-0.3, -0.25) is 9.59 Å². The summed E-state index contributed by atoms with van der Waals surface area (Å²) in [5.74, 6) is -5.02. The molecule has 0 unspecified atom stereocenters. The molecule has 94 valence electrons. The number of hydrogen-bond acceptors (Lipinski definition) is 4. The van der Waals surface area contributed by atoms with E-state index in [-0.39, 0.29) is 70.1 Å². The van der Waals surface area contributed by atoms with Crippen LogP contribution in [0.1, 0.15) is 12.8 Å². The molecule has 0 atom stereocenters. The van der Waals surface area contributed by atoms with Gasteiger partial charge in [-0.25, -0.2) is 4.79 Å². The van der Waals surface area contributed by atoms with Gasteiger partial charge >= 0.3 is 77.0 Å². The molecule has 9 nitrogen and oxygen atoms in total. The summed E-state index contributed by atoms with van der Waals surface area (Å²) in [5.41, 5.74) is -2.74. The van der Waals surface area contributed by atoms with Crippen LogP contribution in [0.5, 0.6) is 0 Å². The first-order chi connectivity index (χ1) is 5.78. The van der Waals surface area contributed by atoms with E-state index in [4.69, 9.17) is 20.4 Å². The molecular formula is C6H14Na2O9. The van der Waals surface area contributed by atoms with Crippen LogP contribution in [0, 0.1) is 0 Å². The molecule has 0 aromatic rings. The van der Waals surface area contributed by atoms with Crippen LogP contribution < -0.4 is 0 Å². The van der Waals surface area contributed by atoms with Crippen LogP contribution in [0.3, 0.4) is 0 Å². The Balaban J connectivity index is -0.000000120. The van der Waals surface area contributed by atoms with Crippen LogP contribution in [-0.2, 0) is 14.4 Å². The Morgan fingerprint density at radius 3 is 1.18 bits per heavy atom. The predicted molar refractivity (Wildman–Crippen MR) is 58.6 cm³/mol. The Labute approximate surface area is 140 Å². The topological polar surface area (TPSA) is 195 Å². The summed E-state index contributed by atoms with van der Waals surface area (Å²) in [6, 6.07) is 0. The second-order valence-electron chi connectivity index (χ2n) is 2.48. The summed E-state index contributed by atoms with van der Waals surface area (Å²) in [7, 11) is 0. The molecule has 0 aromatic carbocycles. The van der Waals surface area contributed by atoms with Crippen LogP contribution in [0.25, 0.3) is 0 Å². The van der Waals surface area contributed by atoms with Gasteiger partial charge in [-0.15, -0.1) is 0 Å². The molecule has 17 heavy (non-hydrogen) atoms. The summed E-state index contributed by atoms with van der Waals surface area (Å²) < 4.78 is 0. The first-order valence-electron chi connectivity index (χ1n) is 3.17. The van der Waals surface area contributed by atoms with E-state index in [9.17, 15) is 14.4 Å². The van der Waals surface area contributed by atoms with Gasteiger partial charge < -0.3 is 31.4 Å². The Hall–Kier alpha value is 0.290. The van der Waals surface area contributed by atoms with Crippen LogP contribution in [-0.4, -0.2) is 114 Å². The number of carboxylic acids is 3.